The van der Waals surface area contributed by atoms with Crippen LogP contribution in [0.3, 0.4) is 0 Å². The summed E-state index contributed by atoms with van der Waals surface area (Å²) in [4.78, 5) is 15.7. The lowest BCUT2D eigenvalue weighted by atomic mass is 10.3. The molecule has 4 nitrogen and oxygen atoms in total. The van der Waals surface area contributed by atoms with Gasteiger partial charge in [0.05, 0.1) is 18.6 Å². The van der Waals surface area contributed by atoms with Crippen molar-refractivity contribution in [1.29, 1.82) is 0 Å². The van der Waals surface area contributed by atoms with Crippen LogP contribution in [0.1, 0.15) is 25.6 Å². The van der Waals surface area contributed by atoms with E-state index >= 15 is 0 Å². The van der Waals surface area contributed by atoms with Gasteiger partial charge in [0.15, 0.2) is 0 Å². The van der Waals surface area contributed by atoms with Gasteiger partial charge in [-0.05, 0) is 19.9 Å². The Morgan fingerprint density at radius 1 is 1.38 bits per heavy atom. The minimum atomic E-state index is 0.0130. The van der Waals surface area contributed by atoms with Gasteiger partial charge in [-0.15, -0.1) is 0 Å². The molecule has 0 amide bonds. The van der Waals surface area contributed by atoms with E-state index < -0.39 is 0 Å². The van der Waals surface area contributed by atoms with Crippen LogP contribution in [-0.4, -0.2) is 14.1 Å². The van der Waals surface area contributed by atoms with Crippen molar-refractivity contribution in [3.05, 3.63) is 53.0 Å². The van der Waals surface area contributed by atoms with Crippen molar-refractivity contribution in [1.82, 2.24) is 14.1 Å². The van der Waals surface area contributed by atoms with Crippen LogP contribution >= 0.6 is 0 Å². The Balaban J connectivity index is 2.31. The standard InChI is InChI=1S/C12H15N3O/c1-10(2)15-9-13-7-11(15)8-14-6-4-3-5-12(14)16/h3-7,9-10H,8H2,1-2H3. The second kappa shape index (κ2) is 4.35. The number of hydrogen-bond acceptors (Lipinski definition) is 2. The Morgan fingerprint density at radius 2 is 2.19 bits per heavy atom. The van der Waals surface area contributed by atoms with Gasteiger partial charge in [0, 0.05) is 24.5 Å². The van der Waals surface area contributed by atoms with E-state index in [1.54, 1.807) is 35.4 Å². The summed E-state index contributed by atoms with van der Waals surface area (Å²) >= 11 is 0. The highest BCUT2D eigenvalue weighted by Gasteiger charge is 2.06. The van der Waals surface area contributed by atoms with Crippen LogP contribution in [0.2, 0.25) is 0 Å². The summed E-state index contributed by atoms with van der Waals surface area (Å²) in [5.41, 5.74) is 1.06. The molecule has 84 valence electrons. The number of nitrogens with zero attached hydrogens (tertiary/aromatic N) is 3. The lowest BCUT2D eigenvalue weighted by molar-refractivity contribution is 0.558. The molecule has 0 atom stereocenters. The largest absolute Gasteiger partial charge is 0.330 e. The van der Waals surface area contributed by atoms with Gasteiger partial charge in [0.25, 0.3) is 5.56 Å². The van der Waals surface area contributed by atoms with Crippen molar-refractivity contribution in [3.63, 3.8) is 0 Å². The van der Waals surface area contributed by atoms with Gasteiger partial charge in [0.1, 0.15) is 0 Å². The molecule has 0 saturated carbocycles. The molecule has 2 aromatic rings. The maximum absolute atomic E-state index is 11.6. The fourth-order valence-electron chi connectivity index (χ4n) is 1.69. The van der Waals surface area contributed by atoms with Crippen molar-refractivity contribution >= 4 is 0 Å². The average molecular weight is 217 g/mol. The normalized spacial score (nSPS) is 10.9. The molecular formula is C12H15N3O. The van der Waals surface area contributed by atoms with E-state index in [2.05, 4.69) is 23.4 Å². The maximum atomic E-state index is 11.6. The molecule has 0 fully saturated rings. The molecule has 2 aromatic heterocycles. The molecule has 0 aliphatic heterocycles. The van der Waals surface area contributed by atoms with Gasteiger partial charge in [-0.2, -0.15) is 0 Å². The monoisotopic (exact) mass is 217 g/mol. The quantitative estimate of drug-likeness (QED) is 0.784. The zero-order chi connectivity index (χ0) is 11.5. The lowest BCUT2D eigenvalue weighted by Crippen LogP contribution is -2.20. The first-order chi connectivity index (χ1) is 7.68. The summed E-state index contributed by atoms with van der Waals surface area (Å²) in [7, 11) is 0. The minimum Gasteiger partial charge on any atom is -0.330 e. The lowest BCUT2D eigenvalue weighted by Gasteiger charge is -2.12. The van der Waals surface area contributed by atoms with Gasteiger partial charge >= 0.3 is 0 Å². The SMILES string of the molecule is CC(C)n1cncc1Cn1ccccc1=O. The Labute approximate surface area is 94.2 Å². The average Bonchev–Trinajstić information content (AvgIpc) is 2.69. The minimum absolute atomic E-state index is 0.0130. The zero-order valence-electron chi connectivity index (χ0n) is 9.50. The molecular weight excluding hydrogens is 202 g/mol. The highest BCUT2D eigenvalue weighted by Crippen LogP contribution is 2.09. The topological polar surface area (TPSA) is 39.8 Å². The first kappa shape index (κ1) is 10.7. The number of rotatable bonds is 3. The van der Waals surface area contributed by atoms with Gasteiger partial charge in [-0.3, -0.25) is 4.79 Å². The molecule has 0 radical (unpaired) electrons. The summed E-state index contributed by atoms with van der Waals surface area (Å²) in [6.07, 6.45) is 5.40. The van der Waals surface area contributed by atoms with Gasteiger partial charge in [0.2, 0.25) is 0 Å². The third-order valence-electron chi connectivity index (χ3n) is 2.53. The summed E-state index contributed by atoms with van der Waals surface area (Å²) in [5.74, 6) is 0. The molecule has 0 aliphatic carbocycles. The first-order valence-corrected chi connectivity index (χ1v) is 5.34. The molecule has 16 heavy (non-hydrogen) atoms. The number of pyridine rings is 1. The highest BCUT2D eigenvalue weighted by atomic mass is 16.1. The fraction of sp³-hybridized carbons (Fsp3) is 0.333. The van der Waals surface area contributed by atoms with Crippen LogP contribution in [0, 0.1) is 0 Å². The molecule has 0 aliphatic rings. The van der Waals surface area contributed by atoms with Crippen LogP contribution in [0.4, 0.5) is 0 Å². The number of imidazole rings is 1. The smallest absolute Gasteiger partial charge is 0.250 e. The second-order valence-electron chi connectivity index (χ2n) is 4.05. The summed E-state index contributed by atoms with van der Waals surface area (Å²) in [6.45, 7) is 4.76. The van der Waals surface area contributed by atoms with Crippen molar-refractivity contribution in [2.75, 3.05) is 0 Å². The molecule has 0 spiro atoms. The molecule has 0 bridgehead atoms. The van der Waals surface area contributed by atoms with Crippen LogP contribution in [0.15, 0.2) is 41.7 Å². The summed E-state index contributed by atoms with van der Waals surface area (Å²) in [6, 6.07) is 5.53. The predicted octanol–water partition coefficient (Wildman–Crippen LogP) is 1.67. The molecule has 2 heterocycles. The Bertz CT molecular complexity index is 525. The first-order valence-electron chi connectivity index (χ1n) is 5.34. The van der Waals surface area contributed by atoms with E-state index in [1.165, 1.54) is 0 Å². The number of hydrogen-bond donors (Lipinski definition) is 0. The Hall–Kier alpha value is -1.84. The molecule has 0 aromatic carbocycles. The van der Waals surface area contributed by atoms with Crippen molar-refractivity contribution in [2.45, 2.75) is 26.4 Å². The summed E-state index contributed by atoms with van der Waals surface area (Å²) in [5, 5.41) is 0. The second-order valence-corrected chi connectivity index (χ2v) is 4.05. The Morgan fingerprint density at radius 3 is 2.88 bits per heavy atom. The van der Waals surface area contributed by atoms with Crippen LogP contribution < -0.4 is 5.56 Å². The molecule has 2 rings (SSSR count). The molecule has 0 unspecified atom stereocenters. The van der Waals surface area contributed by atoms with Gasteiger partial charge in [-0.1, -0.05) is 6.07 Å². The van der Waals surface area contributed by atoms with E-state index in [0.29, 0.717) is 12.6 Å². The predicted molar refractivity (Wildman–Crippen MR) is 62.4 cm³/mol. The Kier molecular flexibility index (Phi) is 2.90. The van der Waals surface area contributed by atoms with E-state index in [9.17, 15) is 4.79 Å². The van der Waals surface area contributed by atoms with Crippen LogP contribution in [0.25, 0.3) is 0 Å². The van der Waals surface area contributed by atoms with E-state index in [-0.39, 0.29) is 5.56 Å². The molecule has 4 heteroatoms. The van der Waals surface area contributed by atoms with E-state index in [0.717, 1.165) is 5.69 Å². The van der Waals surface area contributed by atoms with Crippen molar-refractivity contribution in [3.8, 4) is 0 Å². The third-order valence-corrected chi connectivity index (χ3v) is 2.53. The van der Waals surface area contributed by atoms with Crippen LogP contribution in [0.5, 0.6) is 0 Å². The maximum Gasteiger partial charge on any atom is 0.250 e. The van der Waals surface area contributed by atoms with E-state index in [4.69, 9.17) is 0 Å². The molecule has 0 N–H and O–H groups in total. The van der Waals surface area contributed by atoms with Gasteiger partial charge < -0.3 is 9.13 Å². The van der Waals surface area contributed by atoms with Crippen molar-refractivity contribution in [2.24, 2.45) is 0 Å². The van der Waals surface area contributed by atoms with Crippen LogP contribution in [-0.2, 0) is 6.54 Å². The van der Waals surface area contributed by atoms with Gasteiger partial charge in [-0.25, -0.2) is 4.98 Å². The number of aromatic nitrogens is 3. The van der Waals surface area contributed by atoms with E-state index in [1.807, 2.05) is 6.07 Å². The fourth-order valence-corrected chi connectivity index (χ4v) is 1.69. The zero-order valence-corrected chi connectivity index (χ0v) is 9.50. The highest BCUT2D eigenvalue weighted by molar-refractivity contribution is 5.03. The molecule has 0 saturated heterocycles. The summed E-state index contributed by atoms with van der Waals surface area (Å²) < 4.78 is 3.75. The third kappa shape index (κ3) is 2.05. The van der Waals surface area contributed by atoms with Crippen molar-refractivity contribution < 1.29 is 0 Å².